The number of alkyl halides is 1. The van der Waals surface area contributed by atoms with E-state index in [1.807, 2.05) is 13.8 Å². The number of aliphatic hydroxyl groups is 1. The van der Waals surface area contributed by atoms with Crippen molar-refractivity contribution in [2.24, 2.45) is 0 Å². The SMILES string of the molecule is CC(C)(CO)c1ccc(CF)cc1Cl. The minimum absolute atomic E-state index is 0.0156. The van der Waals surface area contributed by atoms with Crippen LogP contribution in [-0.4, -0.2) is 11.7 Å². The average molecular weight is 217 g/mol. The molecule has 0 heterocycles. The summed E-state index contributed by atoms with van der Waals surface area (Å²) in [5.41, 5.74) is 1.03. The molecule has 0 saturated carbocycles. The maximum atomic E-state index is 12.3. The third-order valence-electron chi connectivity index (χ3n) is 2.31. The molecule has 14 heavy (non-hydrogen) atoms. The monoisotopic (exact) mass is 216 g/mol. The summed E-state index contributed by atoms with van der Waals surface area (Å²) in [6.45, 7) is 3.29. The van der Waals surface area contributed by atoms with E-state index in [9.17, 15) is 4.39 Å². The van der Waals surface area contributed by atoms with Crippen LogP contribution in [0.1, 0.15) is 25.0 Å². The first-order valence-corrected chi connectivity index (χ1v) is 4.85. The lowest BCUT2D eigenvalue weighted by molar-refractivity contribution is 0.218. The molecule has 0 aromatic heterocycles. The minimum atomic E-state index is -0.514. The predicted octanol–water partition coefficient (Wildman–Crippen LogP) is 3.08. The Hall–Kier alpha value is -0.600. The smallest absolute Gasteiger partial charge is 0.115 e. The van der Waals surface area contributed by atoms with Crippen LogP contribution in [0.25, 0.3) is 0 Å². The molecule has 0 aliphatic rings. The molecule has 1 aromatic carbocycles. The average Bonchev–Trinajstić information content (AvgIpc) is 2.17. The summed E-state index contributed by atoms with van der Waals surface area (Å²) in [5.74, 6) is 0. The van der Waals surface area contributed by atoms with Gasteiger partial charge in [-0.05, 0) is 17.2 Å². The van der Waals surface area contributed by atoms with Gasteiger partial charge in [0.15, 0.2) is 0 Å². The zero-order valence-electron chi connectivity index (χ0n) is 8.35. The highest BCUT2D eigenvalue weighted by Crippen LogP contribution is 2.30. The second-order valence-electron chi connectivity index (χ2n) is 3.99. The van der Waals surface area contributed by atoms with E-state index in [-0.39, 0.29) is 12.0 Å². The fraction of sp³-hybridized carbons (Fsp3) is 0.455. The van der Waals surface area contributed by atoms with Gasteiger partial charge in [-0.3, -0.25) is 0 Å². The van der Waals surface area contributed by atoms with Crippen LogP contribution in [0.2, 0.25) is 5.02 Å². The summed E-state index contributed by atoms with van der Waals surface area (Å²) in [6.07, 6.45) is 0. The normalized spacial score (nSPS) is 11.8. The summed E-state index contributed by atoms with van der Waals surface area (Å²) in [6, 6.07) is 5.07. The lowest BCUT2D eigenvalue weighted by Crippen LogP contribution is -2.22. The van der Waals surface area contributed by atoms with E-state index in [0.29, 0.717) is 10.6 Å². The van der Waals surface area contributed by atoms with E-state index in [1.54, 1.807) is 18.2 Å². The Morgan fingerprint density at radius 1 is 1.43 bits per heavy atom. The predicted molar refractivity (Wildman–Crippen MR) is 56.4 cm³/mol. The molecule has 3 heteroatoms. The van der Waals surface area contributed by atoms with Gasteiger partial charge in [-0.1, -0.05) is 37.6 Å². The van der Waals surface area contributed by atoms with Gasteiger partial charge in [-0.2, -0.15) is 0 Å². The van der Waals surface area contributed by atoms with Crippen LogP contribution in [0.4, 0.5) is 4.39 Å². The molecule has 0 bridgehead atoms. The van der Waals surface area contributed by atoms with Crippen LogP contribution < -0.4 is 0 Å². The molecule has 1 rings (SSSR count). The largest absolute Gasteiger partial charge is 0.395 e. The Bertz CT molecular complexity index is 323. The lowest BCUT2D eigenvalue weighted by atomic mass is 9.85. The fourth-order valence-electron chi connectivity index (χ4n) is 1.28. The molecule has 0 fully saturated rings. The van der Waals surface area contributed by atoms with Gasteiger partial charge >= 0.3 is 0 Å². The summed E-state index contributed by atoms with van der Waals surface area (Å²) in [5, 5.41) is 9.68. The summed E-state index contributed by atoms with van der Waals surface area (Å²) in [7, 11) is 0. The van der Waals surface area contributed by atoms with Crippen LogP contribution in [0.5, 0.6) is 0 Å². The highest BCUT2D eigenvalue weighted by atomic mass is 35.5. The number of aliphatic hydroxyl groups excluding tert-OH is 1. The van der Waals surface area contributed by atoms with E-state index in [1.165, 1.54) is 0 Å². The van der Waals surface area contributed by atoms with Gasteiger partial charge in [0, 0.05) is 10.4 Å². The van der Waals surface area contributed by atoms with E-state index in [0.717, 1.165) is 5.56 Å². The first-order valence-electron chi connectivity index (χ1n) is 4.47. The Morgan fingerprint density at radius 3 is 2.50 bits per heavy atom. The van der Waals surface area contributed by atoms with Gasteiger partial charge in [0.1, 0.15) is 6.67 Å². The molecule has 1 nitrogen and oxygen atoms in total. The Labute approximate surface area is 88.5 Å². The molecule has 78 valence electrons. The molecule has 0 aliphatic carbocycles. The van der Waals surface area contributed by atoms with Crippen LogP contribution in [0, 0.1) is 0 Å². The van der Waals surface area contributed by atoms with E-state index >= 15 is 0 Å². The summed E-state index contributed by atoms with van der Waals surface area (Å²) >= 11 is 5.99. The Balaban J connectivity index is 3.12. The number of rotatable bonds is 3. The van der Waals surface area contributed by atoms with E-state index in [2.05, 4.69) is 0 Å². The number of hydrogen-bond donors (Lipinski definition) is 1. The third kappa shape index (κ3) is 2.25. The maximum absolute atomic E-state index is 12.3. The molecule has 0 amide bonds. The highest BCUT2D eigenvalue weighted by Gasteiger charge is 2.22. The second kappa shape index (κ2) is 4.28. The first kappa shape index (κ1) is 11.5. The zero-order chi connectivity index (χ0) is 10.8. The molecule has 0 radical (unpaired) electrons. The van der Waals surface area contributed by atoms with Crippen LogP contribution in [0.15, 0.2) is 18.2 Å². The molecular formula is C11H14ClFO. The summed E-state index contributed by atoms with van der Waals surface area (Å²) < 4.78 is 12.3. The molecule has 0 aliphatic heterocycles. The van der Waals surface area contributed by atoms with Gasteiger partial charge in [0.05, 0.1) is 6.61 Å². The molecule has 0 atom stereocenters. The Kier molecular flexibility index (Phi) is 3.51. The standard InChI is InChI=1S/C11H14ClFO/c1-11(2,7-14)9-4-3-8(6-13)5-10(9)12/h3-5,14H,6-7H2,1-2H3. The van der Waals surface area contributed by atoms with Gasteiger partial charge < -0.3 is 5.11 Å². The van der Waals surface area contributed by atoms with E-state index < -0.39 is 6.67 Å². The molecule has 1 N–H and O–H groups in total. The topological polar surface area (TPSA) is 20.2 Å². The molecule has 0 spiro atoms. The van der Waals surface area contributed by atoms with Crippen molar-refractivity contribution < 1.29 is 9.50 Å². The Morgan fingerprint density at radius 2 is 2.07 bits per heavy atom. The number of halogens is 2. The van der Waals surface area contributed by atoms with Crippen molar-refractivity contribution in [3.63, 3.8) is 0 Å². The lowest BCUT2D eigenvalue weighted by Gasteiger charge is -2.23. The highest BCUT2D eigenvalue weighted by molar-refractivity contribution is 6.31. The molecular weight excluding hydrogens is 203 g/mol. The van der Waals surface area contributed by atoms with Crippen molar-refractivity contribution in [3.05, 3.63) is 34.3 Å². The van der Waals surface area contributed by atoms with Crippen LogP contribution >= 0.6 is 11.6 Å². The quantitative estimate of drug-likeness (QED) is 0.824. The van der Waals surface area contributed by atoms with Gasteiger partial charge in [-0.15, -0.1) is 0 Å². The van der Waals surface area contributed by atoms with Crippen molar-refractivity contribution in [3.8, 4) is 0 Å². The van der Waals surface area contributed by atoms with Gasteiger partial charge in [0.2, 0.25) is 0 Å². The van der Waals surface area contributed by atoms with Crippen LogP contribution in [0.3, 0.4) is 0 Å². The van der Waals surface area contributed by atoms with Crippen molar-refractivity contribution >= 4 is 11.6 Å². The maximum Gasteiger partial charge on any atom is 0.115 e. The second-order valence-corrected chi connectivity index (χ2v) is 4.40. The van der Waals surface area contributed by atoms with Crippen molar-refractivity contribution in [2.75, 3.05) is 6.61 Å². The van der Waals surface area contributed by atoms with Crippen molar-refractivity contribution in [2.45, 2.75) is 25.9 Å². The zero-order valence-corrected chi connectivity index (χ0v) is 9.11. The van der Waals surface area contributed by atoms with Gasteiger partial charge in [0.25, 0.3) is 0 Å². The van der Waals surface area contributed by atoms with E-state index in [4.69, 9.17) is 16.7 Å². The van der Waals surface area contributed by atoms with Crippen molar-refractivity contribution in [1.29, 1.82) is 0 Å². The third-order valence-corrected chi connectivity index (χ3v) is 2.62. The molecule has 0 saturated heterocycles. The van der Waals surface area contributed by atoms with Crippen LogP contribution in [-0.2, 0) is 12.1 Å². The first-order chi connectivity index (χ1) is 6.51. The molecule has 1 aromatic rings. The number of hydrogen-bond acceptors (Lipinski definition) is 1. The molecule has 0 unspecified atom stereocenters. The fourth-order valence-corrected chi connectivity index (χ4v) is 1.73. The van der Waals surface area contributed by atoms with Crippen molar-refractivity contribution in [1.82, 2.24) is 0 Å². The number of benzene rings is 1. The minimum Gasteiger partial charge on any atom is -0.395 e. The summed E-state index contributed by atoms with van der Waals surface area (Å²) in [4.78, 5) is 0. The van der Waals surface area contributed by atoms with Gasteiger partial charge in [-0.25, -0.2) is 4.39 Å².